The second kappa shape index (κ2) is 6.68. The van der Waals surface area contributed by atoms with Gasteiger partial charge in [-0.3, -0.25) is 4.98 Å². The van der Waals surface area contributed by atoms with E-state index in [-0.39, 0.29) is 6.10 Å². The summed E-state index contributed by atoms with van der Waals surface area (Å²) in [6.07, 6.45) is 5.65. The third-order valence-corrected chi connectivity index (χ3v) is 4.73. The number of rotatable bonds is 5. The molecule has 0 radical (unpaired) electrons. The van der Waals surface area contributed by atoms with E-state index in [1.807, 2.05) is 12.4 Å². The topological polar surface area (TPSA) is 34.2 Å². The molecule has 5 atom stereocenters. The lowest BCUT2D eigenvalue weighted by molar-refractivity contribution is 0.0474. The molecule has 0 spiro atoms. The summed E-state index contributed by atoms with van der Waals surface area (Å²) < 4.78 is 6.05. The molecule has 0 saturated carbocycles. The number of pyridine rings is 1. The first-order chi connectivity index (χ1) is 9.56. The summed E-state index contributed by atoms with van der Waals surface area (Å²) in [5.41, 5.74) is 2.63. The van der Waals surface area contributed by atoms with Crippen molar-refractivity contribution >= 4 is 0 Å². The summed E-state index contributed by atoms with van der Waals surface area (Å²) in [5, 5.41) is 3.73. The monoisotopic (exact) mass is 276 g/mol. The fourth-order valence-corrected chi connectivity index (χ4v) is 3.42. The summed E-state index contributed by atoms with van der Waals surface area (Å²) in [4.78, 5) is 4.33. The van der Waals surface area contributed by atoms with Crippen LogP contribution in [0.15, 0.2) is 18.5 Å². The van der Waals surface area contributed by atoms with E-state index in [2.05, 4.69) is 51.0 Å². The Hall–Kier alpha value is -0.930. The number of nitrogens with zero attached hydrogens (tertiary/aromatic N) is 1. The molecule has 5 unspecified atom stereocenters. The maximum Gasteiger partial charge on any atom is 0.0600 e. The minimum absolute atomic E-state index is 0.286. The zero-order valence-electron chi connectivity index (χ0n) is 13.4. The number of ether oxygens (including phenoxy) is 1. The Bertz CT molecular complexity index is 435. The molecule has 112 valence electrons. The molecule has 2 rings (SSSR count). The van der Waals surface area contributed by atoms with Gasteiger partial charge in [-0.15, -0.1) is 0 Å². The van der Waals surface area contributed by atoms with Crippen LogP contribution in [-0.2, 0) is 4.74 Å². The van der Waals surface area contributed by atoms with Gasteiger partial charge in [-0.2, -0.15) is 0 Å². The van der Waals surface area contributed by atoms with Gasteiger partial charge in [0.1, 0.15) is 0 Å². The lowest BCUT2D eigenvalue weighted by Crippen LogP contribution is -2.36. The van der Waals surface area contributed by atoms with Crippen LogP contribution in [0.4, 0.5) is 0 Å². The van der Waals surface area contributed by atoms with Gasteiger partial charge < -0.3 is 10.1 Å². The van der Waals surface area contributed by atoms with E-state index in [1.165, 1.54) is 11.1 Å². The standard InChI is InChI=1S/C17H28N2O/c1-6-8-19-17(15-10-18-9-7-11(15)2)16-12(3)13(4)20-14(16)5/h7,9-10,12-14,16-17,19H,6,8H2,1-5H3. The fraction of sp³-hybridized carbons (Fsp3) is 0.706. The van der Waals surface area contributed by atoms with Gasteiger partial charge in [-0.1, -0.05) is 13.8 Å². The molecule has 3 nitrogen and oxygen atoms in total. The predicted molar refractivity (Wildman–Crippen MR) is 82.7 cm³/mol. The molecule has 1 aromatic rings. The van der Waals surface area contributed by atoms with Crippen molar-refractivity contribution in [2.24, 2.45) is 11.8 Å². The molecule has 1 fully saturated rings. The summed E-state index contributed by atoms with van der Waals surface area (Å²) in [6, 6.07) is 2.43. The van der Waals surface area contributed by atoms with Gasteiger partial charge in [-0.05, 0) is 56.8 Å². The van der Waals surface area contributed by atoms with Crippen LogP contribution in [0.1, 0.15) is 51.3 Å². The molecule has 1 aromatic heterocycles. The molecule has 20 heavy (non-hydrogen) atoms. The highest BCUT2D eigenvalue weighted by Crippen LogP contribution is 2.41. The molecular formula is C17H28N2O. The van der Waals surface area contributed by atoms with Crippen LogP contribution in [0.3, 0.4) is 0 Å². The van der Waals surface area contributed by atoms with Gasteiger partial charge in [0.2, 0.25) is 0 Å². The highest BCUT2D eigenvalue weighted by molar-refractivity contribution is 5.26. The SMILES string of the molecule is CCCNC(c1cnccc1C)C1C(C)OC(C)C1C. The summed E-state index contributed by atoms with van der Waals surface area (Å²) in [5.74, 6) is 1.05. The van der Waals surface area contributed by atoms with Gasteiger partial charge in [0.15, 0.2) is 0 Å². The molecule has 3 heteroatoms. The van der Waals surface area contributed by atoms with Crippen LogP contribution >= 0.6 is 0 Å². The van der Waals surface area contributed by atoms with E-state index in [1.54, 1.807) is 0 Å². The second-order valence-corrected chi connectivity index (χ2v) is 6.15. The number of aromatic nitrogens is 1. The molecule has 0 amide bonds. The molecule has 1 aliphatic heterocycles. The third kappa shape index (κ3) is 3.04. The number of aryl methyl sites for hydroxylation is 1. The molecule has 0 aliphatic carbocycles. The van der Waals surface area contributed by atoms with E-state index in [9.17, 15) is 0 Å². The van der Waals surface area contributed by atoms with Crippen LogP contribution in [0, 0.1) is 18.8 Å². The molecule has 2 heterocycles. The van der Waals surface area contributed by atoms with Gasteiger partial charge in [0.05, 0.1) is 12.2 Å². The molecule has 1 N–H and O–H groups in total. The zero-order valence-corrected chi connectivity index (χ0v) is 13.4. The zero-order chi connectivity index (χ0) is 14.7. The minimum Gasteiger partial charge on any atom is -0.375 e. The van der Waals surface area contributed by atoms with Crippen molar-refractivity contribution < 1.29 is 4.74 Å². The van der Waals surface area contributed by atoms with Gasteiger partial charge in [-0.25, -0.2) is 0 Å². The Kier molecular flexibility index (Phi) is 5.17. The highest BCUT2D eigenvalue weighted by atomic mass is 16.5. The van der Waals surface area contributed by atoms with Crippen molar-refractivity contribution in [3.63, 3.8) is 0 Å². The van der Waals surface area contributed by atoms with Crippen molar-refractivity contribution in [3.05, 3.63) is 29.6 Å². The van der Waals surface area contributed by atoms with Crippen molar-refractivity contribution in [3.8, 4) is 0 Å². The van der Waals surface area contributed by atoms with Crippen LogP contribution in [0.25, 0.3) is 0 Å². The van der Waals surface area contributed by atoms with Gasteiger partial charge in [0.25, 0.3) is 0 Å². The maximum absolute atomic E-state index is 6.05. The Morgan fingerprint density at radius 1 is 1.30 bits per heavy atom. The smallest absolute Gasteiger partial charge is 0.0600 e. The van der Waals surface area contributed by atoms with E-state index < -0.39 is 0 Å². The minimum atomic E-state index is 0.286. The van der Waals surface area contributed by atoms with Gasteiger partial charge in [0, 0.05) is 24.4 Å². The molecule has 1 saturated heterocycles. The summed E-state index contributed by atoms with van der Waals surface area (Å²) in [6.45, 7) is 12.1. The number of hydrogen-bond acceptors (Lipinski definition) is 3. The maximum atomic E-state index is 6.05. The number of nitrogens with one attached hydrogen (secondary N) is 1. The first-order valence-electron chi connectivity index (χ1n) is 7.85. The average Bonchev–Trinajstić information content (AvgIpc) is 2.67. The second-order valence-electron chi connectivity index (χ2n) is 6.15. The van der Waals surface area contributed by atoms with Crippen LogP contribution < -0.4 is 5.32 Å². The van der Waals surface area contributed by atoms with Crippen molar-refractivity contribution in [1.29, 1.82) is 0 Å². The third-order valence-electron chi connectivity index (χ3n) is 4.73. The molecule has 0 bridgehead atoms. The Morgan fingerprint density at radius 2 is 2.05 bits per heavy atom. The van der Waals surface area contributed by atoms with Crippen molar-refractivity contribution in [2.45, 2.75) is 59.3 Å². The lowest BCUT2D eigenvalue weighted by atomic mass is 9.80. The highest BCUT2D eigenvalue weighted by Gasteiger charge is 2.42. The van der Waals surface area contributed by atoms with Crippen LogP contribution in [0.2, 0.25) is 0 Å². The fourth-order valence-electron chi connectivity index (χ4n) is 3.42. The average molecular weight is 276 g/mol. The summed E-state index contributed by atoms with van der Waals surface area (Å²) in [7, 11) is 0. The first-order valence-corrected chi connectivity index (χ1v) is 7.85. The van der Waals surface area contributed by atoms with Crippen LogP contribution in [-0.4, -0.2) is 23.7 Å². The quantitative estimate of drug-likeness (QED) is 0.894. The van der Waals surface area contributed by atoms with E-state index >= 15 is 0 Å². The van der Waals surface area contributed by atoms with Crippen molar-refractivity contribution in [2.75, 3.05) is 6.54 Å². The Morgan fingerprint density at radius 3 is 2.60 bits per heavy atom. The molecule has 1 aliphatic rings. The summed E-state index contributed by atoms with van der Waals surface area (Å²) >= 11 is 0. The molecular weight excluding hydrogens is 248 g/mol. The van der Waals surface area contributed by atoms with E-state index in [0.29, 0.717) is 24.0 Å². The van der Waals surface area contributed by atoms with Crippen molar-refractivity contribution in [1.82, 2.24) is 10.3 Å². The van der Waals surface area contributed by atoms with E-state index in [4.69, 9.17) is 4.74 Å². The predicted octanol–water partition coefficient (Wildman–Crippen LogP) is 3.49. The normalized spacial score (nSPS) is 31.4. The Balaban J connectivity index is 2.30. The number of hydrogen-bond donors (Lipinski definition) is 1. The van der Waals surface area contributed by atoms with E-state index in [0.717, 1.165) is 13.0 Å². The molecule has 0 aromatic carbocycles. The first kappa shape index (κ1) is 15.5. The Labute approximate surface area is 123 Å². The lowest BCUT2D eigenvalue weighted by Gasteiger charge is -2.31. The van der Waals surface area contributed by atoms with Crippen LogP contribution in [0.5, 0.6) is 0 Å². The largest absolute Gasteiger partial charge is 0.375 e. The van der Waals surface area contributed by atoms with Gasteiger partial charge >= 0.3 is 0 Å².